The van der Waals surface area contributed by atoms with Crippen LogP contribution in [0.25, 0.3) is 0 Å². The molecule has 0 aliphatic heterocycles. The van der Waals surface area contributed by atoms with E-state index in [4.69, 9.17) is 0 Å². The molecular formula is C15H22N4. The van der Waals surface area contributed by atoms with Gasteiger partial charge < -0.3 is 9.88 Å². The Kier molecular flexibility index (Phi) is 4.55. The van der Waals surface area contributed by atoms with Gasteiger partial charge in [-0.25, -0.2) is 4.98 Å². The zero-order chi connectivity index (χ0) is 13.7. The van der Waals surface area contributed by atoms with Crippen LogP contribution in [0.1, 0.15) is 44.0 Å². The Hall–Kier alpha value is -1.84. The molecule has 4 heteroatoms. The number of anilines is 1. The zero-order valence-corrected chi connectivity index (χ0v) is 11.9. The first-order valence-corrected chi connectivity index (χ1v) is 6.91. The molecule has 0 bridgehead atoms. The van der Waals surface area contributed by atoms with Crippen LogP contribution < -0.4 is 5.32 Å². The van der Waals surface area contributed by atoms with Crippen LogP contribution in [-0.4, -0.2) is 14.5 Å². The van der Waals surface area contributed by atoms with Crippen LogP contribution in [0.4, 0.5) is 5.95 Å². The minimum atomic E-state index is 0.227. The fraction of sp³-hybridized carbons (Fsp3) is 0.467. The van der Waals surface area contributed by atoms with E-state index in [1.807, 2.05) is 31.5 Å². The molecule has 102 valence electrons. The molecule has 0 amide bonds. The summed E-state index contributed by atoms with van der Waals surface area (Å²) in [7, 11) is 0. The molecule has 0 fully saturated rings. The molecule has 4 nitrogen and oxygen atoms in total. The topological polar surface area (TPSA) is 42.7 Å². The number of pyridine rings is 1. The summed E-state index contributed by atoms with van der Waals surface area (Å²) >= 11 is 0. The third-order valence-electron chi connectivity index (χ3n) is 3.20. The van der Waals surface area contributed by atoms with Gasteiger partial charge in [0.15, 0.2) is 0 Å². The number of imidazole rings is 1. The lowest BCUT2D eigenvalue weighted by Crippen LogP contribution is -2.12. The number of hydrogen-bond donors (Lipinski definition) is 1. The highest BCUT2D eigenvalue weighted by Crippen LogP contribution is 2.18. The standard InChI is InChI=1S/C15H22N4/c1-4-5-10-19-11-12(2)17-15(19)18-13(3)14-6-8-16-9-7-14/h6-9,11,13H,4-5,10H2,1-3H3,(H,17,18). The van der Waals surface area contributed by atoms with Crippen molar-refractivity contribution in [1.82, 2.24) is 14.5 Å². The molecule has 0 aliphatic carbocycles. The van der Waals surface area contributed by atoms with Crippen molar-refractivity contribution in [2.45, 2.75) is 46.2 Å². The number of hydrogen-bond acceptors (Lipinski definition) is 3. The Morgan fingerprint density at radius 3 is 2.74 bits per heavy atom. The predicted octanol–water partition coefficient (Wildman–Crippen LogP) is 3.56. The van der Waals surface area contributed by atoms with Crippen molar-refractivity contribution in [3.8, 4) is 0 Å². The van der Waals surface area contributed by atoms with Crippen molar-refractivity contribution < 1.29 is 0 Å². The van der Waals surface area contributed by atoms with E-state index in [0.29, 0.717) is 0 Å². The SMILES string of the molecule is CCCCn1cc(C)nc1NC(C)c1ccncc1. The van der Waals surface area contributed by atoms with Crippen LogP contribution in [0, 0.1) is 6.92 Å². The number of aromatic nitrogens is 3. The highest BCUT2D eigenvalue weighted by molar-refractivity contribution is 5.33. The van der Waals surface area contributed by atoms with Crippen molar-refractivity contribution in [3.63, 3.8) is 0 Å². The monoisotopic (exact) mass is 258 g/mol. The molecule has 0 aromatic carbocycles. The lowest BCUT2D eigenvalue weighted by atomic mass is 10.1. The van der Waals surface area contributed by atoms with Crippen LogP contribution in [-0.2, 0) is 6.54 Å². The fourth-order valence-corrected chi connectivity index (χ4v) is 2.09. The van der Waals surface area contributed by atoms with Crippen molar-refractivity contribution >= 4 is 5.95 Å². The number of nitrogens with zero attached hydrogens (tertiary/aromatic N) is 3. The van der Waals surface area contributed by atoms with Crippen molar-refractivity contribution in [3.05, 3.63) is 42.0 Å². The van der Waals surface area contributed by atoms with E-state index in [1.165, 1.54) is 18.4 Å². The summed E-state index contributed by atoms with van der Waals surface area (Å²) in [5, 5.41) is 3.48. The Labute approximate surface area is 114 Å². The summed E-state index contributed by atoms with van der Waals surface area (Å²) in [6, 6.07) is 4.29. The van der Waals surface area contributed by atoms with Gasteiger partial charge >= 0.3 is 0 Å². The number of nitrogens with one attached hydrogen (secondary N) is 1. The maximum Gasteiger partial charge on any atom is 0.203 e. The lowest BCUT2D eigenvalue weighted by Gasteiger charge is -2.16. The van der Waals surface area contributed by atoms with E-state index in [2.05, 4.69) is 39.9 Å². The Balaban J connectivity index is 2.10. The maximum absolute atomic E-state index is 4.57. The first kappa shape index (κ1) is 13.6. The second kappa shape index (κ2) is 6.36. The van der Waals surface area contributed by atoms with E-state index in [-0.39, 0.29) is 6.04 Å². The smallest absolute Gasteiger partial charge is 0.203 e. The first-order chi connectivity index (χ1) is 9.20. The molecule has 19 heavy (non-hydrogen) atoms. The van der Waals surface area contributed by atoms with E-state index >= 15 is 0 Å². The Morgan fingerprint density at radius 2 is 2.05 bits per heavy atom. The van der Waals surface area contributed by atoms with Crippen LogP contribution in [0.5, 0.6) is 0 Å². The van der Waals surface area contributed by atoms with Gasteiger partial charge in [-0.05, 0) is 38.0 Å². The van der Waals surface area contributed by atoms with Crippen molar-refractivity contribution in [2.75, 3.05) is 5.32 Å². The third-order valence-corrected chi connectivity index (χ3v) is 3.20. The molecule has 0 spiro atoms. The molecule has 2 heterocycles. The van der Waals surface area contributed by atoms with Gasteiger partial charge in [0, 0.05) is 25.1 Å². The number of rotatable bonds is 6. The van der Waals surface area contributed by atoms with Gasteiger partial charge in [0.05, 0.1) is 11.7 Å². The van der Waals surface area contributed by atoms with Crippen LogP contribution in [0.3, 0.4) is 0 Å². The summed E-state index contributed by atoms with van der Waals surface area (Å²) in [5.41, 5.74) is 2.28. The second-order valence-electron chi connectivity index (χ2n) is 4.90. The molecule has 1 atom stereocenters. The molecule has 0 aliphatic rings. The van der Waals surface area contributed by atoms with Crippen LogP contribution in [0.2, 0.25) is 0 Å². The van der Waals surface area contributed by atoms with Crippen molar-refractivity contribution in [2.24, 2.45) is 0 Å². The van der Waals surface area contributed by atoms with Gasteiger partial charge in [-0.2, -0.15) is 0 Å². The second-order valence-corrected chi connectivity index (χ2v) is 4.90. The lowest BCUT2D eigenvalue weighted by molar-refractivity contribution is 0.630. The quantitative estimate of drug-likeness (QED) is 0.861. The number of aryl methyl sites for hydroxylation is 2. The Morgan fingerprint density at radius 1 is 1.32 bits per heavy atom. The molecular weight excluding hydrogens is 236 g/mol. The predicted molar refractivity (Wildman–Crippen MR) is 78.1 cm³/mol. The first-order valence-electron chi connectivity index (χ1n) is 6.91. The van der Waals surface area contributed by atoms with Crippen LogP contribution >= 0.6 is 0 Å². The van der Waals surface area contributed by atoms with E-state index in [0.717, 1.165) is 18.2 Å². The molecule has 2 rings (SSSR count). The van der Waals surface area contributed by atoms with Gasteiger partial charge in [-0.1, -0.05) is 13.3 Å². The highest BCUT2D eigenvalue weighted by Gasteiger charge is 2.10. The number of unbranched alkanes of at least 4 members (excludes halogenated alkanes) is 1. The van der Waals surface area contributed by atoms with E-state index < -0.39 is 0 Å². The zero-order valence-electron chi connectivity index (χ0n) is 11.9. The molecule has 0 saturated heterocycles. The average Bonchev–Trinajstić information content (AvgIpc) is 2.77. The molecule has 0 radical (unpaired) electrons. The fourth-order valence-electron chi connectivity index (χ4n) is 2.09. The Bertz CT molecular complexity index is 504. The van der Waals surface area contributed by atoms with Gasteiger partial charge in [-0.15, -0.1) is 0 Å². The molecule has 1 N–H and O–H groups in total. The minimum Gasteiger partial charge on any atom is -0.349 e. The van der Waals surface area contributed by atoms with Gasteiger partial charge in [0.25, 0.3) is 0 Å². The summed E-state index contributed by atoms with van der Waals surface area (Å²) in [4.78, 5) is 8.61. The third kappa shape index (κ3) is 3.56. The van der Waals surface area contributed by atoms with Crippen LogP contribution in [0.15, 0.2) is 30.7 Å². The minimum absolute atomic E-state index is 0.227. The van der Waals surface area contributed by atoms with Gasteiger partial charge in [-0.3, -0.25) is 4.98 Å². The average molecular weight is 258 g/mol. The van der Waals surface area contributed by atoms with E-state index in [9.17, 15) is 0 Å². The largest absolute Gasteiger partial charge is 0.349 e. The maximum atomic E-state index is 4.57. The van der Waals surface area contributed by atoms with E-state index in [1.54, 1.807) is 0 Å². The summed E-state index contributed by atoms with van der Waals surface area (Å²) in [6.45, 7) is 7.40. The highest BCUT2D eigenvalue weighted by atomic mass is 15.2. The molecule has 1 unspecified atom stereocenters. The normalized spacial score (nSPS) is 12.4. The summed E-state index contributed by atoms with van der Waals surface area (Å²) < 4.78 is 2.20. The van der Waals surface area contributed by atoms with Gasteiger partial charge in [0.1, 0.15) is 0 Å². The molecule has 2 aromatic rings. The molecule has 2 aromatic heterocycles. The van der Waals surface area contributed by atoms with Crippen molar-refractivity contribution in [1.29, 1.82) is 0 Å². The van der Waals surface area contributed by atoms with Gasteiger partial charge in [0.2, 0.25) is 5.95 Å². The molecule has 0 saturated carbocycles. The summed E-state index contributed by atoms with van der Waals surface area (Å²) in [5.74, 6) is 0.954. The summed E-state index contributed by atoms with van der Waals surface area (Å²) in [6.07, 6.45) is 8.12.